The number of carboxylic acids is 1. The molecule has 29 heavy (non-hydrogen) atoms. The first-order valence-corrected chi connectivity index (χ1v) is 11.7. The molecule has 0 saturated carbocycles. The van der Waals surface area contributed by atoms with E-state index in [-0.39, 0.29) is 15.5 Å². The van der Waals surface area contributed by atoms with Crippen LogP contribution in [-0.2, 0) is 16.4 Å². The molecule has 0 saturated heterocycles. The van der Waals surface area contributed by atoms with Gasteiger partial charge in [-0.25, -0.2) is 13.2 Å². The molecule has 0 radical (unpaired) electrons. The largest absolute Gasteiger partial charge is 0.477 e. The number of aryl methyl sites for hydroxylation is 2. The Hall–Kier alpha value is -2.64. The number of benzene rings is 2. The lowest BCUT2D eigenvalue weighted by molar-refractivity contribution is 0.0703. The van der Waals surface area contributed by atoms with Crippen molar-refractivity contribution in [2.45, 2.75) is 38.0 Å². The highest BCUT2D eigenvalue weighted by Gasteiger charge is 2.23. The first-order chi connectivity index (χ1) is 13.8. The van der Waals surface area contributed by atoms with Crippen molar-refractivity contribution in [3.8, 4) is 10.4 Å². The van der Waals surface area contributed by atoms with E-state index >= 15 is 0 Å². The van der Waals surface area contributed by atoms with Gasteiger partial charge in [0, 0.05) is 4.88 Å². The molecule has 0 fully saturated rings. The van der Waals surface area contributed by atoms with Gasteiger partial charge in [0.1, 0.15) is 4.88 Å². The molecule has 2 N–H and O–H groups in total. The van der Waals surface area contributed by atoms with Gasteiger partial charge >= 0.3 is 5.97 Å². The minimum atomic E-state index is -3.89. The first kappa shape index (κ1) is 21.1. The van der Waals surface area contributed by atoms with Crippen molar-refractivity contribution in [2.24, 2.45) is 0 Å². The van der Waals surface area contributed by atoms with E-state index in [1.165, 1.54) is 11.6 Å². The van der Waals surface area contributed by atoms with Gasteiger partial charge in [0.15, 0.2) is 0 Å². The standard InChI is InChI=1S/C22H23NO4S2/c1-3-4-8-16-10-12-17(13-11-16)19-14-18(21(28-19)22(24)25)23-29(26,27)20-9-6-5-7-15(20)2/h5-7,9-14,23H,3-4,8H2,1-2H3,(H,24,25). The lowest BCUT2D eigenvalue weighted by Gasteiger charge is -2.09. The maximum Gasteiger partial charge on any atom is 0.348 e. The molecule has 3 rings (SSSR count). The van der Waals surface area contributed by atoms with Crippen LogP contribution in [0.25, 0.3) is 10.4 Å². The molecule has 3 aromatic rings. The maximum atomic E-state index is 12.8. The van der Waals surface area contributed by atoms with E-state index in [1.54, 1.807) is 31.2 Å². The van der Waals surface area contributed by atoms with Gasteiger partial charge < -0.3 is 5.11 Å². The minimum absolute atomic E-state index is 0.0350. The van der Waals surface area contributed by atoms with Gasteiger partial charge in [0.25, 0.3) is 10.0 Å². The highest BCUT2D eigenvalue weighted by Crippen LogP contribution is 2.36. The van der Waals surface area contributed by atoms with Gasteiger partial charge in [-0.15, -0.1) is 11.3 Å². The Balaban J connectivity index is 1.93. The van der Waals surface area contributed by atoms with E-state index in [2.05, 4.69) is 11.6 Å². The van der Waals surface area contributed by atoms with Crippen molar-refractivity contribution in [2.75, 3.05) is 4.72 Å². The Labute approximate surface area is 175 Å². The molecule has 0 bridgehead atoms. The summed E-state index contributed by atoms with van der Waals surface area (Å²) in [7, 11) is -3.89. The van der Waals surface area contributed by atoms with Gasteiger partial charge in [-0.1, -0.05) is 55.8 Å². The molecule has 1 aromatic heterocycles. The molecule has 2 aromatic carbocycles. The Kier molecular flexibility index (Phi) is 6.39. The average Bonchev–Trinajstić information content (AvgIpc) is 3.10. The van der Waals surface area contributed by atoms with Crippen LogP contribution in [0.5, 0.6) is 0 Å². The van der Waals surface area contributed by atoms with Gasteiger partial charge in [-0.3, -0.25) is 4.72 Å². The summed E-state index contributed by atoms with van der Waals surface area (Å²) in [6.07, 6.45) is 3.24. The van der Waals surface area contributed by atoms with E-state index in [1.807, 2.05) is 24.3 Å². The number of carboxylic acid groups (broad SMARTS) is 1. The lowest BCUT2D eigenvalue weighted by Crippen LogP contribution is -2.15. The fourth-order valence-corrected chi connectivity index (χ4v) is 5.37. The molecule has 0 amide bonds. The molecule has 0 aliphatic heterocycles. The fraction of sp³-hybridized carbons (Fsp3) is 0.227. The van der Waals surface area contributed by atoms with Crippen LogP contribution >= 0.6 is 11.3 Å². The summed E-state index contributed by atoms with van der Waals surface area (Å²) in [5.74, 6) is -1.16. The zero-order valence-electron chi connectivity index (χ0n) is 16.3. The van der Waals surface area contributed by atoms with Gasteiger partial charge in [0.2, 0.25) is 0 Å². The van der Waals surface area contributed by atoms with E-state index < -0.39 is 16.0 Å². The van der Waals surface area contributed by atoms with Crippen LogP contribution in [0, 0.1) is 6.92 Å². The summed E-state index contributed by atoms with van der Waals surface area (Å²) in [6.45, 7) is 3.85. The summed E-state index contributed by atoms with van der Waals surface area (Å²) < 4.78 is 28.0. The van der Waals surface area contributed by atoms with Crippen LogP contribution in [0.1, 0.15) is 40.6 Å². The third-order valence-corrected chi connectivity index (χ3v) is 7.31. The molecule has 0 unspecified atom stereocenters. The van der Waals surface area contributed by atoms with Crippen LogP contribution in [0.3, 0.4) is 0 Å². The van der Waals surface area contributed by atoms with E-state index in [9.17, 15) is 18.3 Å². The van der Waals surface area contributed by atoms with Crippen LogP contribution in [0.2, 0.25) is 0 Å². The van der Waals surface area contributed by atoms with E-state index in [0.717, 1.165) is 36.2 Å². The molecule has 5 nitrogen and oxygen atoms in total. The highest BCUT2D eigenvalue weighted by atomic mass is 32.2. The number of aromatic carboxylic acids is 1. The Morgan fingerprint density at radius 1 is 1.10 bits per heavy atom. The molecule has 0 spiro atoms. The smallest absolute Gasteiger partial charge is 0.348 e. The monoisotopic (exact) mass is 429 g/mol. The molecule has 1 heterocycles. The highest BCUT2D eigenvalue weighted by molar-refractivity contribution is 7.92. The third-order valence-electron chi connectivity index (χ3n) is 4.61. The van der Waals surface area contributed by atoms with Crippen molar-refractivity contribution < 1.29 is 18.3 Å². The number of sulfonamides is 1. The number of thiophene rings is 1. The van der Waals surface area contributed by atoms with Crippen LogP contribution < -0.4 is 4.72 Å². The minimum Gasteiger partial charge on any atom is -0.477 e. The normalized spacial score (nSPS) is 11.4. The van der Waals surface area contributed by atoms with Crippen molar-refractivity contribution in [3.05, 3.63) is 70.6 Å². The van der Waals surface area contributed by atoms with Crippen LogP contribution in [0.15, 0.2) is 59.5 Å². The zero-order chi connectivity index (χ0) is 21.0. The molecule has 0 atom stereocenters. The zero-order valence-corrected chi connectivity index (χ0v) is 17.9. The molecular formula is C22H23NO4S2. The number of anilines is 1. The third kappa shape index (κ3) is 4.86. The summed E-state index contributed by atoms with van der Waals surface area (Å²) in [5, 5.41) is 9.56. The number of rotatable bonds is 8. The number of nitrogens with one attached hydrogen (secondary N) is 1. The van der Waals surface area contributed by atoms with Crippen LogP contribution in [0.4, 0.5) is 5.69 Å². The SMILES string of the molecule is CCCCc1ccc(-c2cc(NS(=O)(=O)c3ccccc3C)c(C(=O)O)s2)cc1. The number of unbranched alkanes of at least 4 members (excludes halogenated alkanes) is 1. The quantitative estimate of drug-likeness (QED) is 0.491. The topological polar surface area (TPSA) is 83.5 Å². The predicted molar refractivity (Wildman–Crippen MR) is 117 cm³/mol. The van der Waals surface area contributed by atoms with Crippen LogP contribution in [-0.4, -0.2) is 19.5 Å². The second-order valence-corrected chi connectivity index (χ2v) is 9.53. The van der Waals surface area contributed by atoms with Gasteiger partial charge in [0.05, 0.1) is 10.6 Å². The van der Waals surface area contributed by atoms with Crippen molar-refractivity contribution >= 4 is 33.0 Å². The molecular weight excluding hydrogens is 406 g/mol. The van der Waals surface area contributed by atoms with Crippen molar-refractivity contribution in [1.82, 2.24) is 0 Å². The Bertz CT molecular complexity index is 1120. The maximum absolute atomic E-state index is 12.8. The Morgan fingerprint density at radius 2 is 1.79 bits per heavy atom. The molecule has 0 aliphatic carbocycles. The number of hydrogen-bond donors (Lipinski definition) is 2. The van der Waals surface area contributed by atoms with Crippen molar-refractivity contribution in [1.29, 1.82) is 0 Å². The first-order valence-electron chi connectivity index (χ1n) is 9.36. The molecule has 152 valence electrons. The average molecular weight is 430 g/mol. The Morgan fingerprint density at radius 3 is 2.41 bits per heavy atom. The molecule has 0 aliphatic rings. The van der Waals surface area contributed by atoms with Gasteiger partial charge in [-0.05, 0) is 48.6 Å². The molecule has 7 heteroatoms. The van der Waals surface area contributed by atoms with Crippen molar-refractivity contribution in [3.63, 3.8) is 0 Å². The summed E-state index contributed by atoms with van der Waals surface area (Å²) >= 11 is 1.06. The summed E-state index contributed by atoms with van der Waals surface area (Å²) in [6, 6.07) is 16.1. The summed E-state index contributed by atoms with van der Waals surface area (Å²) in [4.78, 5) is 12.5. The second kappa shape index (κ2) is 8.80. The second-order valence-electron chi connectivity index (χ2n) is 6.83. The number of hydrogen-bond acceptors (Lipinski definition) is 4. The van der Waals surface area contributed by atoms with E-state index in [0.29, 0.717) is 10.4 Å². The number of carbonyl (C=O) groups is 1. The fourth-order valence-electron chi connectivity index (χ4n) is 3.04. The predicted octanol–water partition coefficient (Wildman–Crippen LogP) is 5.57. The lowest BCUT2D eigenvalue weighted by atomic mass is 10.1. The van der Waals surface area contributed by atoms with Gasteiger partial charge in [-0.2, -0.15) is 0 Å². The van der Waals surface area contributed by atoms with E-state index in [4.69, 9.17) is 0 Å². The summed E-state index contributed by atoms with van der Waals surface area (Å²) in [5.41, 5.74) is 2.76.